The van der Waals surface area contributed by atoms with Crippen molar-refractivity contribution in [2.75, 3.05) is 0 Å². The second-order valence-electron chi connectivity index (χ2n) is 5.07. The minimum absolute atomic E-state index is 0.169. The molecule has 3 rings (SSSR count). The number of ether oxygens (including phenoxy) is 1. The van der Waals surface area contributed by atoms with Crippen LogP contribution in [0.5, 0.6) is 5.75 Å². The fourth-order valence-corrected chi connectivity index (χ4v) is 2.38. The molecule has 1 aliphatic heterocycles. The topological polar surface area (TPSA) is 85.5 Å². The van der Waals surface area contributed by atoms with Gasteiger partial charge in [-0.3, -0.25) is 4.79 Å². The first-order chi connectivity index (χ1) is 10.2. The molecule has 0 saturated heterocycles. The number of aryl methyl sites for hydroxylation is 1. The van der Waals surface area contributed by atoms with Crippen molar-refractivity contribution in [1.82, 2.24) is 10.1 Å². The van der Waals surface area contributed by atoms with Crippen LogP contribution >= 0.6 is 0 Å². The Labute approximate surface area is 121 Å². The van der Waals surface area contributed by atoms with E-state index in [2.05, 4.69) is 10.1 Å². The predicted octanol–water partition coefficient (Wildman–Crippen LogP) is 2.54. The monoisotopic (exact) mass is 288 g/mol. The Morgan fingerprint density at radius 2 is 2.19 bits per heavy atom. The Balaban J connectivity index is 1.55. The fraction of sp³-hybridized carbons (Fsp3) is 0.400. The maximum Gasteiger partial charge on any atom is 0.303 e. The molecule has 1 aromatic carbocycles. The van der Waals surface area contributed by atoms with Crippen molar-refractivity contribution in [2.24, 2.45) is 0 Å². The van der Waals surface area contributed by atoms with Gasteiger partial charge in [0.1, 0.15) is 5.75 Å². The van der Waals surface area contributed by atoms with E-state index in [0.29, 0.717) is 24.6 Å². The van der Waals surface area contributed by atoms with Crippen LogP contribution in [0.15, 0.2) is 28.8 Å². The summed E-state index contributed by atoms with van der Waals surface area (Å²) in [5, 5.41) is 12.5. The number of hydrogen-bond donors (Lipinski definition) is 1. The first kappa shape index (κ1) is 13.6. The van der Waals surface area contributed by atoms with Gasteiger partial charge in [-0.2, -0.15) is 4.98 Å². The molecule has 1 N–H and O–H groups in total. The fourth-order valence-electron chi connectivity index (χ4n) is 2.38. The summed E-state index contributed by atoms with van der Waals surface area (Å²) in [6.45, 7) is 0. The van der Waals surface area contributed by atoms with Crippen molar-refractivity contribution in [3.63, 3.8) is 0 Å². The largest absolute Gasteiger partial charge is 0.482 e. The molecule has 0 saturated carbocycles. The third-order valence-corrected chi connectivity index (χ3v) is 3.45. The summed E-state index contributed by atoms with van der Waals surface area (Å²) >= 11 is 0. The number of carboxylic acids is 1. The van der Waals surface area contributed by atoms with E-state index in [1.165, 1.54) is 0 Å². The van der Waals surface area contributed by atoms with Crippen molar-refractivity contribution in [1.29, 1.82) is 0 Å². The van der Waals surface area contributed by atoms with E-state index in [1.54, 1.807) is 0 Å². The van der Waals surface area contributed by atoms with Crippen molar-refractivity contribution in [3.8, 4) is 5.75 Å². The summed E-state index contributed by atoms with van der Waals surface area (Å²) in [5.41, 5.74) is 1.15. The average Bonchev–Trinajstić information content (AvgIpc) is 3.09. The van der Waals surface area contributed by atoms with Crippen molar-refractivity contribution in [3.05, 3.63) is 41.5 Å². The number of aliphatic carboxylic acids is 1. The van der Waals surface area contributed by atoms with Crippen LogP contribution in [0.25, 0.3) is 0 Å². The van der Waals surface area contributed by atoms with Gasteiger partial charge in [0.05, 0.1) is 0 Å². The number of para-hydroxylation sites is 1. The lowest BCUT2D eigenvalue weighted by Crippen LogP contribution is -2.05. The standard InChI is InChI=1S/C15H16N2O4/c18-14(19)8-4-3-7-13-16-15(17-21-13)12-9-10-5-1-2-6-11(10)20-12/h1-2,5-6,12H,3-4,7-9H2,(H,18,19). The third-order valence-electron chi connectivity index (χ3n) is 3.45. The second-order valence-corrected chi connectivity index (χ2v) is 5.07. The number of aromatic nitrogens is 2. The molecule has 0 radical (unpaired) electrons. The van der Waals surface area contributed by atoms with Crippen LogP contribution in [0.2, 0.25) is 0 Å². The van der Waals surface area contributed by atoms with Crippen LogP contribution in [-0.4, -0.2) is 21.2 Å². The van der Waals surface area contributed by atoms with Crippen LogP contribution < -0.4 is 4.74 Å². The quantitative estimate of drug-likeness (QED) is 0.822. The van der Waals surface area contributed by atoms with E-state index in [9.17, 15) is 4.79 Å². The molecule has 0 bridgehead atoms. The van der Waals surface area contributed by atoms with Gasteiger partial charge < -0.3 is 14.4 Å². The molecule has 1 aromatic heterocycles. The highest BCUT2D eigenvalue weighted by Gasteiger charge is 2.28. The molecular weight excluding hydrogens is 272 g/mol. The Morgan fingerprint density at radius 1 is 1.33 bits per heavy atom. The lowest BCUT2D eigenvalue weighted by atomic mass is 10.1. The predicted molar refractivity (Wildman–Crippen MR) is 73.0 cm³/mol. The molecule has 2 aromatic rings. The zero-order valence-corrected chi connectivity index (χ0v) is 11.5. The van der Waals surface area contributed by atoms with E-state index in [0.717, 1.165) is 24.2 Å². The SMILES string of the molecule is O=C(O)CCCCc1nc(C2Cc3ccccc3O2)no1. The first-order valence-electron chi connectivity index (χ1n) is 7.01. The zero-order valence-electron chi connectivity index (χ0n) is 11.5. The molecule has 1 atom stereocenters. The van der Waals surface area contributed by atoms with Crippen molar-refractivity contribution in [2.45, 2.75) is 38.2 Å². The number of benzene rings is 1. The van der Waals surface area contributed by atoms with E-state index < -0.39 is 5.97 Å². The number of carbonyl (C=O) groups is 1. The molecule has 1 unspecified atom stereocenters. The second kappa shape index (κ2) is 5.95. The molecule has 6 heteroatoms. The highest BCUT2D eigenvalue weighted by atomic mass is 16.5. The number of hydrogen-bond acceptors (Lipinski definition) is 5. The third kappa shape index (κ3) is 3.21. The van der Waals surface area contributed by atoms with Gasteiger partial charge in [-0.1, -0.05) is 23.4 Å². The van der Waals surface area contributed by atoms with Gasteiger partial charge in [0.15, 0.2) is 6.10 Å². The zero-order chi connectivity index (χ0) is 14.7. The summed E-state index contributed by atoms with van der Waals surface area (Å²) in [7, 11) is 0. The molecule has 0 aliphatic carbocycles. The summed E-state index contributed by atoms with van der Waals surface area (Å²) in [6, 6.07) is 7.88. The van der Waals surface area contributed by atoms with Gasteiger partial charge in [0.25, 0.3) is 0 Å². The minimum Gasteiger partial charge on any atom is -0.482 e. The van der Waals surface area contributed by atoms with E-state index in [-0.39, 0.29) is 12.5 Å². The summed E-state index contributed by atoms with van der Waals surface area (Å²) in [4.78, 5) is 14.8. The molecule has 0 spiro atoms. The molecular formula is C15H16N2O4. The van der Waals surface area contributed by atoms with E-state index in [1.807, 2.05) is 24.3 Å². The Morgan fingerprint density at radius 3 is 3.00 bits per heavy atom. The highest BCUT2D eigenvalue weighted by Crippen LogP contribution is 2.35. The first-order valence-corrected chi connectivity index (χ1v) is 7.01. The van der Waals surface area contributed by atoms with Gasteiger partial charge in [-0.15, -0.1) is 0 Å². The average molecular weight is 288 g/mol. The maximum absolute atomic E-state index is 10.4. The number of carboxylic acid groups (broad SMARTS) is 1. The van der Waals surface area contributed by atoms with Crippen LogP contribution in [0, 0.1) is 0 Å². The normalized spacial score (nSPS) is 16.5. The van der Waals surface area contributed by atoms with Crippen molar-refractivity contribution >= 4 is 5.97 Å². The molecule has 0 fully saturated rings. The lowest BCUT2D eigenvalue weighted by Gasteiger charge is -2.04. The van der Waals surface area contributed by atoms with Crippen LogP contribution in [0.4, 0.5) is 0 Å². The van der Waals surface area contributed by atoms with Crippen LogP contribution in [0.1, 0.15) is 42.6 Å². The number of unbranched alkanes of at least 4 members (excludes halogenated alkanes) is 1. The number of nitrogens with zero attached hydrogens (tertiary/aromatic N) is 2. The van der Waals surface area contributed by atoms with Crippen LogP contribution in [-0.2, 0) is 17.6 Å². The van der Waals surface area contributed by atoms with E-state index in [4.69, 9.17) is 14.4 Å². The molecule has 1 aliphatic rings. The lowest BCUT2D eigenvalue weighted by molar-refractivity contribution is -0.137. The van der Waals surface area contributed by atoms with Gasteiger partial charge in [0, 0.05) is 19.3 Å². The summed E-state index contributed by atoms with van der Waals surface area (Å²) in [6.07, 6.45) is 2.65. The molecule has 110 valence electrons. The highest BCUT2D eigenvalue weighted by molar-refractivity contribution is 5.66. The molecule has 21 heavy (non-hydrogen) atoms. The molecule has 0 amide bonds. The molecule has 6 nitrogen and oxygen atoms in total. The van der Waals surface area contributed by atoms with Gasteiger partial charge in [-0.05, 0) is 24.5 Å². The van der Waals surface area contributed by atoms with E-state index >= 15 is 0 Å². The Hall–Kier alpha value is -2.37. The maximum atomic E-state index is 10.4. The summed E-state index contributed by atoms with van der Waals surface area (Å²) < 4.78 is 11.0. The van der Waals surface area contributed by atoms with Gasteiger partial charge in [0.2, 0.25) is 11.7 Å². The number of rotatable bonds is 6. The summed E-state index contributed by atoms with van der Waals surface area (Å²) in [5.74, 6) is 1.18. The van der Waals surface area contributed by atoms with Gasteiger partial charge in [-0.25, -0.2) is 0 Å². The Bertz CT molecular complexity index is 613. The number of fused-ring (bicyclic) bond motifs is 1. The smallest absolute Gasteiger partial charge is 0.303 e. The Kier molecular flexibility index (Phi) is 3.85. The van der Waals surface area contributed by atoms with Crippen molar-refractivity contribution < 1.29 is 19.2 Å². The van der Waals surface area contributed by atoms with Gasteiger partial charge >= 0.3 is 5.97 Å². The minimum atomic E-state index is -0.779. The van der Waals surface area contributed by atoms with Crippen LogP contribution in [0.3, 0.4) is 0 Å². The molecule has 2 heterocycles.